The molecule has 2 amide bonds. The van der Waals surface area contributed by atoms with Crippen LogP contribution >= 0.6 is 0 Å². The molecule has 3 N–H and O–H groups in total. The van der Waals surface area contributed by atoms with Gasteiger partial charge in [-0.3, -0.25) is 14.3 Å². The molecule has 2 aliphatic rings. The second-order valence-corrected chi connectivity index (χ2v) is 8.73. The Morgan fingerprint density at radius 3 is 2.79 bits per heavy atom. The number of piperidine rings is 1. The van der Waals surface area contributed by atoms with Crippen LogP contribution in [-0.4, -0.2) is 86.4 Å². The number of aliphatic hydroxyl groups is 1. The zero-order chi connectivity index (χ0) is 23.4. The summed E-state index contributed by atoms with van der Waals surface area (Å²) in [5, 5.41) is 20.9. The van der Waals surface area contributed by atoms with Crippen molar-refractivity contribution < 1.29 is 14.7 Å². The molecule has 2 aromatic rings. The normalized spacial score (nSPS) is 17.4. The van der Waals surface area contributed by atoms with E-state index in [1.165, 1.54) is 12.0 Å². The van der Waals surface area contributed by atoms with Crippen LogP contribution < -0.4 is 15.5 Å². The van der Waals surface area contributed by atoms with Crippen molar-refractivity contribution in [1.82, 2.24) is 30.0 Å². The summed E-state index contributed by atoms with van der Waals surface area (Å²) in [5.74, 6) is 0.318. The number of carbonyl (C=O) groups excluding carboxylic acids is 2. The molecule has 4 heterocycles. The maximum Gasteiger partial charge on any atom is 0.270 e. The summed E-state index contributed by atoms with van der Waals surface area (Å²) < 4.78 is 1.88. The van der Waals surface area contributed by atoms with Gasteiger partial charge in [-0.25, -0.2) is 9.97 Å². The summed E-state index contributed by atoms with van der Waals surface area (Å²) in [7, 11) is 1.93. The topological polar surface area (TPSA) is 129 Å². The number of rotatable bonds is 7. The minimum atomic E-state index is -0.717. The largest absolute Gasteiger partial charge is 0.389 e. The quantitative estimate of drug-likeness (QED) is 0.538. The number of nitrogens with one attached hydrogen (secondary N) is 2. The van der Waals surface area contributed by atoms with Gasteiger partial charge in [-0.15, -0.1) is 0 Å². The number of fused-ring (bicyclic) bond motifs is 1. The number of anilines is 2. The molecule has 1 atom stereocenters. The predicted molar refractivity (Wildman–Crippen MR) is 123 cm³/mol. The number of hydrogen-bond acceptors (Lipinski definition) is 8. The highest BCUT2D eigenvalue weighted by atomic mass is 16.3. The molecule has 0 aliphatic carbocycles. The Hall–Kier alpha value is -3.21. The number of β-amino-alcohol motifs (C(OH)–C–C–N with tert-alkyl or cyclic N) is 1. The zero-order valence-electron chi connectivity index (χ0n) is 19.2. The van der Waals surface area contributed by atoms with E-state index in [1.54, 1.807) is 13.0 Å². The summed E-state index contributed by atoms with van der Waals surface area (Å²) in [6, 6.07) is 1.81. The van der Waals surface area contributed by atoms with E-state index < -0.39 is 6.10 Å². The first-order chi connectivity index (χ1) is 15.9. The van der Waals surface area contributed by atoms with E-state index in [1.807, 2.05) is 22.8 Å². The lowest BCUT2D eigenvalue weighted by Gasteiger charge is -2.31. The third-order valence-electron chi connectivity index (χ3n) is 6.34. The Kier molecular flexibility index (Phi) is 7.07. The molecular formula is C22H32N8O3. The van der Waals surface area contributed by atoms with E-state index in [4.69, 9.17) is 0 Å². The van der Waals surface area contributed by atoms with E-state index in [-0.39, 0.29) is 30.1 Å². The lowest BCUT2D eigenvalue weighted by atomic mass is 10.1. The van der Waals surface area contributed by atoms with Gasteiger partial charge in [0.15, 0.2) is 0 Å². The van der Waals surface area contributed by atoms with Gasteiger partial charge < -0.3 is 25.5 Å². The smallest absolute Gasteiger partial charge is 0.270 e. The number of aromatic nitrogens is 4. The number of nitrogens with zero attached hydrogens (tertiary/aromatic N) is 6. The van der Waals surface area contributed by atoms with E-state index >= 15 is 0 Å². The summed E-state index contributed by atoms with van der Waals surface area (Å²) in [6.07, 6.45) is 6.12. The highest BCUT2D eigenvalue weighted by Gasteiger charge is 2.23. The van der Waals surface area contributed by atoms with Crippen molar-refractivity contribution in [3.8, 4) is 0 Å². The van der Waals surface area contributed by atoms with Crippen molar-refractivity contribution in [1.29, 1.82) is 0 Å². The monoisotopic (exact) mass is 456 g/mol. The van der Waals surface area contributed by atoms with E-state index in [9.17, 15) is 14.7 Å². The Bertz CT molecular complexity index is 986. The summed E-state index contributed by atoms with van der Waals surface area (Å²) in [4.78, 5) is 36.3. The van der Waals surface area contributed by atoms with Gasteiger partial charge in [0, 0.05) is 58.8 Å². The molecule has 11 heteroatoms. The van der Waals surface area contributed by atoms with Crippen molar-refractivity contribution in [2.75, 3.05) is 42.9 Å². The fraction of sp³-hybridized carbons (Fsp3) is 0.591. The molecule has 11 nitrogen and oxygen atoms in total. The fourth-order valence-corrected chi connectivity index (χ4v) is 4.48. The SMILES string of the molecule is CC(=O)N1CCC(Nc2cc(C(=O)NC[C@H](O)CN3CCCc4c3cnn4C)ncn2)CC1. The number of amides is 2. The van der Waals surface area contributed by atoms with Gasteiger partial charge in [0.1, 0.15) is 17.8 Å². The molecular weight excluding hydrogens is 424 g/mol. The molecule has 178 valence electrons. The molecule has 0 unspecified atom stereocenters. The first-order valence-corrected chi connectivity index (χ1v) is 11.5. The van der Waals surface area contributed by atoms with Crippen LogP contribution in [0, 0.1) is 0 Å². The number of hydrogen-bond donors (Lipinski definition) is 3. The van der Waals surface area contributed by atoms with Gasteiger partial charge in [-0.2, -0.15) is 5.10 Å². The molecule has 2 aliphatic heterocycles. The van der Waals surface area contributed by atoms with Crippen LogP contribution in [0.3, 0.4) is 0 Å². The second-order valence-electron chi connectivity index (χ2n) is 8.73. The van der Waals surface area contributed by atoms with Crippen molar-refractivity contribution in [2.45, 2.75) is 44.8 Å². The Labute approximate surface area is 193 Å². The minimum absolute atomic E-state index is 0.0952. The third-order valence-corrected chi connectivity index (χ3v) is 6.34. The third kappa shape index (κ3) is 5.59. The standard InChI is InChI=1S/C22H32N8O3/c1-15(31)29-8-5-16(6-9-29)27-21-10-18(24-14-25-21)22(33)23-11-17(32)13-30-7-3-4-19-20(30)12-26-28(19)2/h10,12,14,16-17,32H,3-9,11,13H2,1-2H3,(H,23,33)(H,24,25,27)/t17-/m0/s1. The molecule has 4 rings (SSSR count). The Morgan fingerprint density at radius 2 is 2.03 bits per heavy atom. The van der Waals surface area contributed by atoms with Crippen LogP contribution in [0.25, 0.3) is 0 Å². The van der Waals surface area contributed by atoms with Crippen LogP contribution in [0.1, 0.15) is 42.4 Å². The van der Waals surface area contributed by atoms with Crippen molar-refractivity contribution in [3.63, 3.8) is 0 Å². The van der Waals surface area contributed by atoms with Gasteiger partial charge in [0.2, 0.25) is 5.91 Å². The minimum Gasteiger partial charge on any atom is -0.389 e. The van der Waals surface area contributed by atoms with Crippen molar-refractivity contribution >= 4 is 23.3 Å². The first kappa shape index (κ1) is 23.0. The highest BCUT2D eigenvalue weighted by Crippen LogP contribution is 2.26. The van der Waals surface area contributed by atoms with Gasteiger partial charge in [-0.05, 0) is 25.7 Å². The number of likely N-dealkylation sites (tertiary alicyclic amines) is 1. The molecule has 0 spiro atoms. The molecule has 1 saturated heterocycles. The molecule has 1 fully saturated rings. The molecule has 33 heavy (non-hydrogen) atoms. The van der Waals surface area contributed by atoms with Gasteiger partial charge in [-0.1, -0.05) is 0 Å². The fourth-order valence-electron chi connectivity index (χ4n) is 4.48. The molecule has 0 saturated carbocycles. The average Bonchev–Trinajstić information content (AvgIpc) is 3.20. The van der Waals surface area contributed by atoms with Gasteiger partial charge in [0.05, 0.1) is 23.7 Å². The number of aryl methyl sites for hydroxylation is 1. The molecule has 0 bridgehead atoms. The summed E-state index contributed by atoms with van der Waals surface area (Å²) in [5.41, 5.74) is 2.47. The van der Waals surface area contributed by atoms with Crippen molar-refractivity contribution in [3.05, 3.63) is 30.0 Å². The van der Waals surface area contributed by atoms with Crippen LogP contribution in [-0.2, 0) is 18.3 Å². The Morgan fingerprint density at radius 1 is 1.24 bits per heavy atom. The van der Waals surface area contributed by atoms with Gasteiger partial charge in [0.25, 0.3) is 5.91 Å². The van der Waals surface area contributed by atoms with Crippen LogP contribution in [0.2, 0.25) is 0 Å². The zero-order valence-corrected chi connectivity index (χ0v) is 19.2. The predicted octanol–water partition coefficient (Wildman–Crippen LogP) is 0.176. The second kappa shape index (κ2) is 10.2. The van der Waals surface area contributed by atoms with E-state index in [0.717, 1.165) is 37.9 Å². The molecule has 2 aromatic heterocycles. The summed E-state index contributed by atoms with van der Waals surface area (Å²) in [6.45, 7) is 4.41. The maximum absolute atomic E-state index is 12.6. The highest BCUT2D eigenvalue weighted by molar-refractivity contribution is 5.92. The lowest BCUT2D eigenvalue weighted by Crippen LogP contribution is -2.42. The molecule has 0 aromatic carbocycles. The average molecular weight is 457 g/mol. The van der Waals surface area contributed by atoms with E-state index in [2.05, 4.69) is 30.6 Å². The molecule has 0 radical (unpaired) electrons. The van der Waals surface area contributed by atoms with Crippen LogP contribution in [0.15, 0.2) is 18.6 Å². The van der Waals surface area contributed by atoms with Crippen LogP contribution in [0.5, 0.6) is 0 Å². The summed E-state index contributed by atoms with van der Waals surface area (Å²) >= 11 is 0. The van der Waals surface area contributed by atoms with Crippen molar-refractivity contribution in [2.24, 2.45) is 7.05 Å². The van der Waals surface area contributed by atoms with Gasteiger partial charge >= 0.3 is 0 Å². The van der Waals surface area contributed by atoms with E-state index in [0.29, 0.717) is 25.5 Å². The van der Waals surface area contributed by atoms with Crippen LogP contribution in [0.4, 0.5) is 11.5 Å². The lowest BCUT2D eigenvalue weighted by molar-refractivity contribution is -0.129. The number of carbonyl (C=O) groups is 2. The number of aliphatic hydroxyl groups excluding tert-OH is 1. The first-order valence-electron chi connectivity index (χ1n) is 11.5. The Balaban J connectivity index is 1.26. The maximum atomic E-state index is 12.6.